The van der Waals surface area contributed by atoms with E-state index in [1.54, 1.807) is 13.0 Å². The molecule has 8 heteroatoms. The van der Waals surface area contributed by atoms with Gasteiger partial charge in [-0.1, -0.05) is 0 Å². The first-order valence-corrected chi connectivity index (χ1v) is 8.09. The molecule has 1 atom stereocenters. The molecule has 1 aromatic rings. The maximum Gasteiger partial charge on any atom is 0.394 e. The van der Waals surface area contributed by atoms with Crippen LogP contribution in [0.2, 0.25) is 0 Å². The number of halogens is 1. The van der Waals surface area contributed by atoms with Gasteiger partial charge in [0.15, 0.2) is 9.84 Å². The number of anilines is 1. The van der Waals surface area contributed by atoms with Gasteiger partial charge in [-0.05, 0) is 47.5 Å². The maximum atomic E-state index is 12.3. The molecule has 1 amide bonds. The number of carboxylic acids is 1. The zero-order valence-corrected chi connectivity index (χ0v) is 13.2. The summed E-state index contributed by atoms with van der Waals surface area (Å²) in [6, 6.07) is 3.10. The molecule has 1 aliphatic heterocycles. The number of carbonyl (C=O) groups excluding carboxylic acids is 1. The Hall–Kier alpha value is -1.41. The Morgan fingerprint density at radius 3 is 2.55 bits per heavy atom. The summed E-state index contributed by atoms with van der Waals surface area (Å²) in [6.45, 7) is 3.00. The molecule has 20 heavy (non-hydrogen) atoms. The average molecular weight is 362 g/mol. The van der Waals surface area contributed by atoms with E-state index in [0.717, 1.165) is 4.90 Å². The van der Waals surface area contributed by atoms with Gasteiger partial charge in [0.2, 0.25) is 0 Å². The Morgan fingerprint density at radius 1 is 1.40 bits per heavy atom. The zero-order valence-electron chi connectivity index (χ0n) is 10.8. The molecule has 0 spiro atoms. The summed E-state index contributed by atoms with van der Waals surface area (Å²) in [6.07, 6.45) is 0. The van der Waals surface area contributed by atoms with E-state index in [4.69, 9.17) is 5.11 Å². The minimum Gasteiger partial charge on any atom is -0.474 e. The molecule has 1 aliphatic rings. The monoisotopic (exact) mass is 361 g/mol. The lowest BCUT2D eigenvalue weighted by atomic mass is 10.2. The molecule has 0 fully saturated rings. The summed E-state index contributed by atoms with van der Waals surface area (Å²) in [5.74, 6) is -2.76. The standard InChI is InChI=1S/C12H12BrNO5S/c1-6-3-8(13)10-9(4-6)20(18,19)7(2)5-14(10)11(15)12(16)17/h3-4,7H,5H2,1-2H3,(H,16,17). The Balaban J connectivity index is 2.76. The first kappa shape index (κ1) is 15.0. The summed E-state index contributed by atoms with van der Waals surface area (Å²) in [5, 5.41) is 8.01. The lowest BCUT2D eigenvalue weighted by molar-refractivity contribution is -0.148. The van der Waals surface area contributed by atoms with Crippen LogP contribution in [-0.4, -0.2) is 37.2 Å². The third-order valence-corrected chi connectivity index (χ3v) is 5.88. The van der Waals surface area contributed by atoms with Crippen LogP contribution in [0.3, 0.4) is 0 Å². The third-order valence-electron chi connectivity index (χ3n) is 3.15. The van der Waals surface area contributed by atoms with Crippen molar-refractivity contribution in [3.05, 3.63) is 22.2 Å². The van der Waals surface area contributed by atoms with E-state index in [1.165, 1.54) is 13.0 Å². The van der Waals surface area contributed by atoms with Crippen LogP contribution in [0.25, 0.3) is 0 Å². The molecule has 108 valence electrons. The molecule has 2 rings (SSSR count). The van der Waals surface area contributed by atoms with Gasteiger partial charge in [0, 0.05) is 11.0 Å². The molecule has 0 bridgehead atoms. The fourth-order valence-corrected chi connectivity index (χ4v) is 4.68. The summed E-state index contributed by atoms with van der Waals surface area (Å²) >= 11 is 3.21. The number of rotatable bonds is 0. The number of aliphatic carboxylic acids is 1. The van der Waals surface area contributed by atoms with Crippen LogP contribution in [0.1, 0.15) is 12.5 Å². The number of nitrogens with zero attached hydrogens (tertiary/aromatic N) is 1. The fourth-order valence-electron chi connectivity index (χ4n) is 2.14. The largest absolute Gasteiger partial charge is 0.474 e. The van der Waals surface area contributed by atoms with E-state index < -0.39 is 27.0 Å². The number of carboxylic acid groups (broad SMARTS) is 1. The molecule has 0 aliphatic carbocycles. The Bertz CT molecular complexity index is 713. The van der Waals surface area contributed by atoms with Crippen molar-refractivity contribution in [1.82, 2.24) is 0 Å². The van der Waals surface area contributed by atoms with Crippen LogP contribution in [0, 0.1) is 6.92 Å². The van der Waals surface area contributed by atoms with Gasteiger partial charge < -0.3 is 5.11 Å². The predicted molar refractivity (Wildman–Crippen MR) is 75.5 cm³/mol. The SMILES string of the molecule is Cc1cc(Br)c2c(c1)S(=O)(=O)C(C)CN2C(=O)C(=O)O. The smallest absolute Gasteiger partial charge is 0.394 e. The number of hydrogen-bond acceptors (Lipinski definition) is 4. The van der Waals surface area contributed by atoms with Gasteiger partial charge in [0.25, 0.3) is 0 Å². The van der Waals surface area contributed by atoms with Gasteiger partial charge >= 0.3 is 11.9 Å². The van der Waals surface area contributed by atoms with Crippen molar-refractivity contribution >= 4 is 43.3 Å². The van der Waals surface area contributed by atoms with Crippen molar-refractivity contribution in [2.75, 3.05) is 11.4 Å². The molecular formula is C12H12BrNO5S. The molecule has 1 heterocycles. The van der Waals surface area contributed by atoms with E-state index in [1.807, 2.05) is 0 Å². The molecular weight excluding hydrogens is 350 g/mol. The number of amides is 1. The van der Waals surface area contributed by atoms with Crippen LogP contribution in [0.5, 0.6) is 0 Å². The van der Waals surface area contributed by atoms with Crippen molar-refractivity contribution in [3.63, 3.8) is 0 Å². The first-order chi connectivity index (χ1) is 9.16. The lowest BCUT2D eigenvalue weighted by Crippen LogP contribution is -2.47. The van der Waals surface area contributed by atoms with Gasteiger partial charge in [0.05, 0.1) is 15.8 Å². The van der Waals surface area contributed by atoms with Gasteiger partial charge in [-0.25, -0.2) is 13.2 Å². The molecule has 6 nitrogen and oxygen atoms in total. The Kier molecular flexibility index (Phi) is 3.64. The second-order valence-electron chi connectivity index (χ2n) is 4.67. The second kappa shape index (κ2) is 4.85. The van der Waals surface area contributed by atoms with Crippen molar-refractivity contribution < 1.29 is 23.1 Å². The highest BCUT2D eigenvalue weighted by Crippen LogP contribution is 2.40. The molecule has 0 aromatic heterocycles. The van der Waals surface area contributed by atoms with E-state index in [0.29, 0.717) is 10.0 Å². The number of fused-ring (bicyclic) bond motifs is 1. The summed E-state index contributed by atoms with van der Waals surface area (Å²) in [7, 11) is -3.57. The molecule has 0 saturated carbocycles. The molecule has 1 N–H and O–H groups in total. The van der Waals surface area contributed by atoms with Gasteiger partial charge in [-0.3, -0.25) is 9.69 Å². The molecule has 0 radical (unpaired) electrons. The highest BCUT2D eigenvalue weighted by atomic mass is 79.9. The van der Waals surface area contributed by atoms with E-state index in [9.17, 15) is 18.0 Å². The quantitative estimate of drug-likeness (QED) is 0.704. The maximum absolute atomic E-state index is 12.3. The second-order valence-corrected chi connectivity index (χ2v) is 7.86. The molecule has 1 aromatic carbocycles. The van der Waals surface area contributed by atoms with Crippen molar-refractivity contribution in [1.29, 1.82) is 0 Å². The average Bonchev–Trinajstić information content (AvgIpc) is 2.33. The minimum atomic E-state index is -3.57. The zero-order chi connectivity index (χ0) is 15.2. The van der Waals surface area contributed by atoms with Crippen molar-refractivity contribution in [2.24, 2.45) is 0 Å². The minimum absolute atomic E-state index is 0.0160. The normalized spacial score (nSPS) is 20.4. The van der Waals surface area contributed by atoms with E-state index >= 15 is 0 Å². The molecule has 1 unspecified atom stereocenters. The summed E-state index contributed by atoms with van der Waals surface area (Å²) < 4.78 is 25.1. The predicted octanol–water partition coefficient (Wildman–Crippen LogP) is 1.35. The number of hydrogen-bond donors (Lipinski definition) is 1. The van der Waals surface area contributed by atoms with Crippen molar-refractivity contribution in [2.45, 2.75) is 24.0 Å². The topological polar surface area (TPSA) is 91.8 Å². The number of carbonyl (C=O) groups is 2. The summed E-state index contributed by atoms with van der Waals surface area (Å²) in [4.78, 5) is 23.6. The van der Waals surface area contributed by atoms with Gasteiger partial charge in [-0.15, -0.1) is 0 Å². The van der Waals surface area contributed by atoms with Crippen molar-refractivity contribution in [3.8, 4) is 0 Å². The summed E-state index contributed by atoms with van der Waals surface area (Å²) in [5.41, 5.74) is 0.803. The van der Waals surface area contributed by atoms with Crippen LogP contribution in [-0.2, 0) is 19.4 Å². The van der Waals surface area contributed by atoms with Crippen LogP contribution < -0.4 is 4.90 Å². The van der Waals surface area contributed by atoms with Crippen LogP contribution in [0.4, 0.5) is 5.69 Å². The lowest BCUT2D eigenvalue weighted by Gasteiger charge is -2.32. The molecule has 0 saturated heterocycles. The fraction of sp³-hybridized carbons (Fsp3) is 0.333. The van der Waals surface area contributed by atoms with Gasteiger partial charge in [-0.2, -0.15) is 0 Å². The first-order valence-electron chi connectivity index (χ1n) is 5.75. The Labute approximate surface area is 124 Å². The highest BCUT2D eigenvalue weighted by molar-refractivity contribution is 9.10. The highest BCUT2D eigenvalue weighted by Gasteiger charge is 2.40. The Morgan fingerprint density at radius 2 is 2.00 bits per heavy atom. The number of benzene rings is 1. The van der Waals surface area contributed by atoms with Crippen LogP contribution >= 0.6 is 15.9 Å². The third kappa shape index (κ3) is 2.22. The van der Waals surface area contributed by atoms with Gasteiger partial charge in [0.1, 0.15) is 0 Å². The van der Waals surface area contributed by atoms with Crippen LogP contribution in [0.15, 0.2) is 21.5 Å². The number of aryl methyl sites for hydroxylation is 1. The number of sulfone groups is 1. The van der Waals surface area contributed by atoms with E-state index in [2.05, 4.69) is 15.9 Å². The van der Waals surface area contributed by atoms with E-state index in [-0.39, 0.29) is 17.1 Å².